The smallest absolute Gasteiger partial charge is 0.0469 e. The van der Waals surface area contributed by atoms with E-state index in [9.17, 15) is 0 Å². The lowest BCUT2D eigenvalue weighted by Gasteiger charge is -2.36. The molecule has 2 nitrogen and oxygen atoms in total. The monoisotopic (exact) mass is 225 g/mol. The van der Waals surface area contributed by atoms with E-state index in [-0.39, 0.29) is 0 Å². The van der Waals surface area contributed by atoms with Crippen molar-refractivity contribution >= 4 is 0 Å². The molecule has 0 bridgehead atoms. The molecule has 1 aliphatic heterocycles. The van der Waals surface area contributed by atoms with Crippen molar-refractivity contribution in [2.45, 2.75) is 52.0 Å². The first-order valence-corrected chi connectivity index (χ1v) is 7.08. The number of hydrogen-bond acceptors (Lipinski definition) is 2. The summed E-state index contributed by atoms with van der Waals surface area (Å²) in [7, 11) is 0. The van der Waals surface area contributed by atoms with Gasteiger partial charge in [-0.25, -0.2) is 0 Å². The Morgan fingerprint density at radius 1 is 1.06 bits per heavy atom. The molecule has 0 aromatic carbocycles. The van der Waals surface area contributed by atoms with Crippen LogP contribution in [0, 0.1) is 17.8 Å². The molecular weight excluding hydrogens is 198 g/mol. The van der Waals surface area contributed by atoms with Crippen LogP contribution < -0.4 is 5.32 Å². The summed E-state index contributed by atoms with van der Waals surface area (Å²) < 4.78 is 5.40. The van der Waals surface area contributed by atoms with Crippen LogP contribution in [-0.4, -0.2) is 25.8 Å². The lowest BCUT2D eigenvalue weighted by atomic mass is 9.78. The fraction of sp³-hybridized carbons (Fsp3) is 1.00. The Hall–Kier alpha value is -0.0800. The summed E-state index contributed by atoms with van der Waals surface area (Å²) in [4.78, 5) is 0. The highest BCUT2D eigenvalue weighted by atomic mass is 16.5. The topological polar surface area (TPSA) is 21.3 Å². The van der Waals surface area contributed by atoms with E-state index in [1.807, 2.05) is 0 Å². The number of ether oxygens (including phenoxy) is 1. The Morgan fingerprint density at radius 2 is 1.81 bits per heavy atom. The Labute approximate surface area is 100 Å². The number of rotatable bonds is 3. The van der Waals surface area contributed by atoms with Crippen molar-refractivity contribution < 1.29 is 4.74 Å². The van der Waals surface area contributed by atoms with E-state index in [4.69, 9.17) is 4.74 Å². The van der Waals surface area contributed by atoms with Crippen molar-refractivity contribution in [2.24, 2.45) is 17.8 Å². The van der Waals surface area contributed by atoms with Gasteiger partial charge in [-0.15, -0.1) is 0 Å². The van der Waals surface area contributed by atoms with Crippen molar-refractivity contribution in [3.63, 3.8) is 0 Å². The number of nitrogens with one attached hydrogen (secondary N) is 1. The molecule has 94 valence electrons. The minimum absolute atomic E-state index is 0.770. The van der Waals surface area contributed by atoms with Gasteiger partial charge in [-0.05, 0) is 43.6 Å². The standard InChI is InChI=1S/C14H27NO/c1-11-4-3-5-14(12(11)2)15-10-13-6-8-16-9-7-13/h11-15H,3-10H2,1-2H3. The molecule has 0 amide bonds. The maximum Gasteiger partial charge on any atom is 0.0469 e. The summed E-state index contributed by atoms with van der Waals surface area (Å²) in [5, 5.41) is 3.82. The van der Waals surface area contributed by atoms with Crippen molar-refractivity contribution in [3.8, 4) is 0 Å². The first kappa shape index (κ1) is 12.4. The summed E-state index contributed by atoms with van der Waals surface area (Å²) >= 11 is 0. The predicted molar refractivity (Wildman–Crippen MR) is 67.5 cm³/mol. The molecule has 1 heterocycles. The molecule has 0 radical (unpaired) electrons. The maximum atomic E-state index is 5.40. The molecular formula is C14H27NO. The molecule has 2 heteroatoms. The van der Waals surface area contributed by atoms with Gasteiger partial charge in [0.05, 0.1) is 0 Å². The molecule has 0 aromatic rings. The third-order valence-electron chi connectivity index (χ3n) is 4.72. The highest BCUT2D eigenvalue weighted by molar-refractivity contribution is 4.83. The van der Waals surface area contributed by atoms with Crippen molar-refractivity contribution in [1.82, 2.24) is 5.32 Å². The van der Waals surface area contributed by atoms with E-state index in [1.165, 1.54) is 38.6 Å². The van der Waals surface area contributed by atoms with Gasteiger partial charge in [-0.3, -0.25) is 0 Å². The highest BCUT2D eigenvalue weighted by Gasteiger charge is 2.27. The third kappa shape index (κ3) is 3.21. The summed E-state index contributed by atoms with van der Waals surface area (Å²) in [6.07, 6.45) is 6.73. The van der Waals surface area contributed by atoms with Crippen LogP contribution in [0.2, 0.25) is 0 Å². The normalized spacial score (nSPS) is 37.5. The van der Waals surface area contributed by atoms with Crippen LogP contribution in [0.3, 0.4) is 0 Å². The minimum Gasteiger partial charge on any atom is -0.381 e. The Kier molecular flexibility index (Phi) is 4.66. The van der Waals surface area contributed by atoms with Gasteiger partial charge >= 0.3 is 0 Å². The van der Waals surface area contributed by atoms with Gasteiger partial charge in [-0.1, -0.05) is 26.7 Å². The highest BCUT2D eigenvalue weighted by Crippen LogP contribution is 2.29. The van der Waals surface area contributed by atoms with Crippen LogP contribution >= 0.6 is 0 Å². The molecule has 1 saturated heterocycles. The molecule has 16 heavy (non-hydrogen) atoms. The lowest BCUT2D eigenvalue weighted by Crippen LogP contribution is -2.43. The lowest BCUT2D eigenvalue weighted by molar-refractivity contribution is 0.0632. The molecule has 1 N–H and O–H groups in total. The Balaban J connectivity index is 1.71. The van der Waals surface area contributed by atoms with E-state index >= 15 is 0 Å². The fourth-order valence-electron chi connectivity index (χ4n) is 3.14. The largest absolute Gasteiger partial charge is 0.381 e. The van der Waals surface area contributed by atoms with Crippen molar-refractivity contribution in [1.29, 1.82) is 0 Å². The predicted octanol–water partition coefficient (Wildman–Crippen LogP) is 2.83. The summed E-state index contributed by atoms with van der Waals surface area (Å²) in [5.41, 5.74) is 0. The molecule has 3 unspecified atom stereocenters. The second-order valence-electron chi connectivity index (χ2n) is 5.84. The molecule has 1 aliphatic carbocycles. The first-order valence-electron chi connectivity index (χ1n) is 7.08. The zero-order valence-electron chi connectivity index (χ0n) is 10.9. The van der Waals surface area contributed by atoms with Crippen LogP contribution in [0.15, 0.2) is 0 Å². The van der Waals surface area contributed by atoms with E-state index in [0.29, 0.717) is 0 Å². The zero-order valence-corrected chi connectivity index (χ0v) is 10.9. The van der Waals surface area contributed by atoms with E-state index in [0.717, 1.165) is 37.0 Å². The van der Waals surface area contributed by atoms with Crippen LogP contribution in [0.1, 0.15) is 46.0 Å². The van der Waals surface area contributed by atoms with Gasteiger partial charge in [0.2, 0.25) is 0 Å². The summed E-state index contributed by atoms with van der Waals surface area (Å²) in [6, 6.07) is 0.770. The van der Waals surface area contributed by atoms with E-state index in [1.54, 1.807) is 0 Å². The quantitative estimate of drug-likeness (QED) is 0.797. The summed E-state index contributed by atoms with van der Waals surface area (Å²) in [5.74, 6) is 2.62. The SMILES string of the molecule is CC1CCCC(NCC2CCOCC2)C1C. The van der Waals surface area contributed by atoms with Gasteiger partial charge in [-0.2, -0.15) is 0 Å². The molecule has 0 spiro atoms. The van der Waals surface area contributed by atoms with E-state index in [2.05, 4.69) is 19.2 Å². The fourth-order valence-corrected chi connectivity index (χ4v) is 3.14. The molecule has 2 rings (SSSR count). The van der Waals surface area contributed by atoms with Gasteiger partial charge < -0.3 is 10.1 Å². The van der Waals surface area contributed by atoms with Gasteiger partial charge in [0.25, 0.3) is 0 Å². The molecule has 3 atom stereocenters. The molecule has 2 aliphatic rings. The zero-order chi connectivity index (χ0) is 11.4. The Morgan fingerprint density at radius 3 is 2.56 bits per heavy atom. The number of hydrogen-bond donors (Lipinski definition) is 1. The van der Waals surface area contributed by atoms with Crippen LogP contribution in [-0.2, 0) is 4.74 Å². The average Bonchev–Trinajstić information content (AvgIpc) is 2.32. The van der Waals surface area contributed by atoms with Crippen LogP contribution in [0.4, 0.5) is 0 Å². The Bertz CT molecular complexity index is 201. The van der Waals surface area contributed by atoms with Crippen LogP contribution in [0.5, 0.6) is 0 Å². The second kappa shape index (κ2) is 6.02. The average molecular weight is 225 g/mol. The molecule has 0 aromatic heterocycles. The molecule has 2 fully saturated rings. The van der Waals surface area contributed by atoms with Crippen molar-refractivity contribution in [3.05, 3.63) is 0 Å². The summed E-state index contributed by atoms with van der Waals surface area (Å²) in [6.45, 7) is 8.00. The van der Waals surface area contributed by atoms with Crippen molar-refractivity contribution in [2.75, 3.05) is 19.8 Å². The van der Waals surface area contributed by atoms with Gasteiger partial charge in [0.15, 0.2) is 0 Å². The van der Waals surface area contributed by atoms with Gasteiger partial charge in [0, 0.05) is 19.3 Å². The third-order valence-corrected chi connectivity index (χ3v) is 4.72. The first-order chi connectivity index (χ1) is 7.77. The van der Waals surface area contributed by atoms with Crippen LogP contribution in [0.25, 0.3) is 0 Å². The second-order valence-corrected chi connectivity index (χ2v) is 5.84. The van der Waals surface area contributed by atoms with E-state index < -0.39 is 0 Å². The minimum atomic E-state index is 0.770. The van der Waals surface area contributed by atoms with Gasteiger partial charge in [0.1, 0.15) is 0 Å². The maximum absolute atomic E-state index is 5.40. The molecule has 1 saturated carbocycles.